The number of hydrogen-bond donors (Lipinski definition) is 1. The van der Waals surface area contributed by atoms with E-state index in [2.05, 4.69) is 28.3 Å². The Kier molecular flexibility index (Phi) is 6.90. The van der Waals surface area contributed by atoms with Crippen LogP contribution in [0.4, 0.5) is 4.39 Å². The average molecular weight is 318 g/mol. The lowest BCUT2D eigenvalue weighted by Gasteiger charge is -2.06. The van der Waals surface area contributed by atoms with Crippen LogP contribution in [0.25, 0.3) is 0 Å². The predicted molar refractivity (Wildman–Crippen MR) is 71.2 cm³/mol. The molecule has 0 spiro atoms. The molecule has 1 rings (SSSR count). The van der Waals surface area contributed by atoms with E-state index >= 15 is 0 Å². The minimum absolute atomic E-state index is 0.121. The second-order valence-corrected chi connectivity index (χ2v) is 4.87. The van der Waals surface area contributed by atoms with Crippen LogP contribution in [0.3, 0.4) is 0 Å². The number of benzene rings is 1. The Balaban J connectivity index is 2.24. The van der Waals surface area contributed by atoms with E-state index in [0.717, 1.165) is 24.8 Å². The van der Waals surface area contributed by atoms with Gasteiger partial charge in [-0.05, 0) is 40.0 Å². The summed E-state index contributed by atoms with van der Waals surface area (Å²) in [7, 11) is 0. The molecular formula is C13H17BrFNO2. The number of carbonyl (C=O) groups is 1. The van der Waals surface area contributed by atoms with Gasteiger partial charge in [-0.2, -0.15) is 0 Å². The van der Waals surface area contributed by atoms with Crippen molar-refractivity contribution in [2.75, 3.05) is 0 Å². The van der Waals surface area contributed by atoms with Crippen LogP contribution >= 0.6 is 15.9 Å². The topological polar surface area (TPSA) is 38.3 Å². The normalized spacial score (nSPS) is 10.4. The summed E-state index contributed by atoms with van der Waals surface area (Å²) in [6.45, 7) is 2.30. The Morgan fingerprint density at radius 2 is 2.22 bits per heavy atom. The Hall–Kier alpha value is -0.940. The SMILES string of the molecule is CCCCCC(=O)NOCc1ccc(F)c(Br)c1. The van der Waals surface area contributed by atoms with Crippen LogP contribution < -0.4 is 5.48 Å². The molecule has 0 radical (unpaired) electrons. The quantitative estimate of drug-likeness (QED) is 0.615. The van der Waals surface area contributed by atoms with Gasteiger partial charge in [0.1, 0.15) is 5.82 Å². The van der Waals surface area contributed by atoms with Crippen molar-refractivity contribution in [3.63, 3.8) is 0 Å². The predicted octanol–water partition coefficient (Wildman–Crippen LogP) is 3.72. The Morgan fingerprint density at radius 1 is 1.44 bits per heavy atom. The van der Waals surface area contributed by atoms with Crippen LogP contribution in [0.1, 0.15) is 38.2 Å². The molecule has 0 heterocycles. The van der Waals surface area contributed by atoms with Gasteiger partial charge in [0, 0.05) is 6.42 Å². The Bertz CT molecular complexity index is 399. The lowest BCUT2D eigenvalue weighted by atomic mass is 10.2. The summed E-state index contributed by atoms with van der Waals surface area (Å²) in [6.07, 6.45) is 3.46. The molecule has 5 heteroatoms. The first-order chi connectivity index (χ1) is 8.63. The summed E-state index contributed by atoms with van der Waals surface area (Å²) in [6, 6.07) is 4.59. The lowest BCUT2D eigenvalue weighted by Crippen LogP contribution is -2.23. The summed E-state index contributed by atoms with van der Waals surface area (Å²) in [5, 5.41) is 0. The molecule has 0 aliphatic carbocycles. The molecule has 0 saturated carbocycles. The van der Waals surface area contributed by atoms with Crippen LogP contribution in [-0.4, -0.2) is 5.91 Å². The van der Waals surface area contributed by atoms with Crippen LogP contribution in [0.15, 0.2) is 22.7 Å². The number of halogens is 2. The monoisotopic (exact) mass is 317 g/mol. The van der Waals surface area contributed by atoms with E-state index in [1.54, 1.807) is 12.1 Å². The van der Waals surface area contributed by atoms with Crippen LogP contribution in [-0.2, 0) is 16.2 Å². The summed E-state index contributed by atoms with van der Waals surface area (Å²) in [5.74, 6) is -0.438. The molecule has 1 amide bonds. The molecule has 100 valence electrons. The number of amides is 1. The van der Waals surface area contributed by atoms with Gasteiger partial charge < -0.3 is 0 Å². The summed E-state index contributed by atoms with van der Waals surface area (Å²) in [5.41, 5.74) is 3.17. The van der Waals surface area contributed by atoms with Gasteiger partial charge in [0.05, 0.1) is 11.1 Å². The number of rotatable bonds is 7. The highest BCUT2D eigenvalue weighted by Gasteiger charge is 2.03. The number of hydrogen-bond acceptors (Lipinski definition) is 2. The standard InChI is InChI=1S/C13H17BrFNO2/c1-2-3-4-5-13(17)16-18-9-10-6-7-12(15)11(14)8-10/h6-8H,2-5,9H2,1H3,(H,16,17). The Labute approximate surface area is 115 Å². The molecule has 0 aromatic heterocycles. The number of unbranched alkanes of at least 4 members (excludes halogenated alkanes) is 2. The summed E-state index contributed by atoms with van der Waals surface area (Å²) >= 11 is 3.09. The fourth-order valence-corrected chi connectivity index (χ4v) is 1.84. The van der Waals surface area contributed by atoms with Crippen molar-refractivity contribution in [3.05, 3.63) is 34.1 Å². The molecule has 18 heavy (non-hydrogen) atoms. The molecule has 0 saturated heterocycles. The highest BCUT2D eigenvalue weighted by atomic mass is 79.9. The average Bonchev–Trinajstić information content (AvgIpc) is 2.34. The van der Waals surface area contributed by atoms with Gasteiger partial charge in [0.2, 0.25) is 5.91 Å². The maximum Gasteiger partial charge on any atom is 0.243 e. The first kappa shape index (κ1) is 15.1. The van der Waals surface area contributed by atoms with Crippen molar-refractivity contribution >= 4 is 21.8 Å². The van der Waals surface area contributed by atoms with Gasteiger partial charge in [-0.1, -0.05) is 25.8 Å². The van der Waals surface area contributed by atoms with E-state index in [9.17, 15) is 9.18 Å². The lowest BCUT2D eigenvalue weighted by molar-refractivity contribution is -0.134. The molecule has 3 nitrogen and oxygen atoms in total. The van der Waals surface area contributed by atoms with Crippen molar-refractivity contribution < 1.29 is 14.0 Å². The van der Waals surface area contributed by atoms with E-state index in [0.29, 0.717) is 10.9 Å². The molecule has 0 aliphatic heterocycles. The first-order valence-corrected chi connectivity index (χ1v) is 6.77. The minimum atomic E-state index is -0.317. The third-order valence-corrected chi connectivity index (χ3v) is 3.02. The molecule has 1 N–H and O–H groups in total. The Morgan fingerprint density at radius 3 is 2.89 bits per heavy atom. The van der Waals surface area contributed by atoms with Crippen molar-refractivity contribution in [1.82, 2.24) is 5.48 Å². The van der Waals surface area contributed by atoms with Gasteiger partial charge in [-0.3, -0.25) is 9.63 Å². The third-order valence-electron chi connectivity index (χ3n) is 2.42. The van der Waals surface area contributed by atoms with E-state index in [4.69, 9.17) is 4.84 Å². The molecule has 0 atom stereocenters. The van der Waals surface area contributed by atoms with Crippen molar-refractivity contribution in [2.45, 2.75) is 39.2 Å². The first-order valence-electron chi connectivity index (χ1n) is 5.98. The van der Waals surface area contributed by atoms with Crippen LogP contribution in [0.5, 0.6) is 0 Å². The van der Waals surface area contributed by atoms with Crippen LogP contribution in [0.2, 0.25) is 0 Å². The van der Waals surface area contributed by atoms with Gasteiger partial charge in [-0.15, -0.1) is 0 Å². The van der Waals surface area contributed by atoms with Crippen molar-refractivity contribution in [3.8, 4) is 0 Å². The smallest absolute Gasteiger partial charge is 0.243 e. The van der Waals surface area contributed by atoms with Gasteiger partial charge >= 0.3 is 0 Å². The summed E-state index contributed by atoms with van der Waals surface area (Å²) < 4.78 is 13.4. The highest BCUT2D eigenvalue weighted by molar-refractivity contribution is 9.10. The molecule has 1 aromatic carbocycles. The largest absolute Gasteiger partial charge is 0.273 e. The second-order valence-electron chi connectivity index (χ2n) is 4.02. The van der Waals surface area contributed by atoms with E-state index in [1.807, 2.05) is 0 Å². The zero-order chi connectivity index (χ0) is 13.4. The van der Waals surface area contributed by atoms with E-state index in [-0.39, 0.29) is 18.3 Å². The van der Waals surface area contributed by atoms with E-state index < -0.39 is 0 Å². The second kappa shape index (κ2) is 8.21. The highest BCUT2D eigenvalue weighted by Crippen LogP contribution is 2.17. The third kappa shape index (κ3) is 5.60. The minimum Gasteiger partial charge on any atom is -0.273 e. The number of carbonyl (C=O) groups excluding carboxylic acids is 1. The molecule has 0 fully saturated rings. The van der Waals surface area contributed by atoms with Gasteiger partial charge in [0.25, 0.3) is 0 Å². The number of nitrogens with one attached hydrogen (secondary N) is 1. The molecule has 0 unspecified atom stereocenters. The van der Waals surface area contributed by atoms with Crippen LogP contribution in [0, 0.1) is 5.82 Å². The van der Waals surface area contributed by atoms with Crippen molar-refractivity contribution in [1.29, 1.82) is 0 Å². The number of hydroxylamine groups is 1. The van der Waals surface area contributed by atoms with Crippen molar-refractivity contribution in [2.24, 2.45) is 0 Å². The van der Waals surface area contributed by atoms with Gasteiger partial charge in [-0.25, -0.2) is 9.87 Å². The molecular weight excluding hydrogens is 301 g/mol. The fraction of sp³-hybridized carbons (Fsp3) is 0.462. The summed E-state index contributed by atoms with van der Waals surface area (Å²) in [4.78, 5) is 16.4. The maximum atomic E-state index is 13.0. The maximum absolute atomic E-state index is 13.0. The molecule has 1 aromatic rings. The molecule has 0 aliphatic rings. The fourth-order valence-electron chi connectivity index (χ4n) is 1.42. The molecule has 0 bridgehead atoms. The zero-order valence-electron chi connectivity index (χ0n) is 10.3. The van der Waals surface area contributed by atoms with Gasteiger partial charge in [0.15, 0.2) is 0 Å². The van der Waals surface area contributed by atoms with E-state index in [1.165, 1.54) is 6.07 Å². The zero-order valence-corrected chi connectivity index (χ0v) is 11.9.